The fourth-order valence-electron chi connectivity index (χ4n) is 4.06. The third-order valence-electron chi connectivity index (χ3n) is 6.08. The molecule has 48 heavy (non-hydrogen) atoms. The van der Waals surface area contributed by atoms with Crippen LogP contribution in [0.25, 0.3) is 16.0 Å². The van der Waals surface area contributed by atoms with Crippen LogP contribution in [0.3, 0.4) is 0 Å². The normalized spacial score (nSPS) is 14.3. The lowest BCUT2D eigenvalue weighted by Gasteiger charge is -2.33. The second-order valence-corrected chi connectivity index (χ2v) is 11.8. The summed E-state index contributed by atoms with van der Waals surface area (Å²) in [6, 6.07) is 10.5. The van der Waals surface area contributed by atoms with E-state index in [1.165, 1.54) is 23.0 Å². The van der Waals surface area contributed by atoms with Crippen molar-refractivity contribution in [1.29, 1.82) is 0 Å². The molecule has 3 heterocycles. The standard InChI is InChI=1S/C22H21N7O3S2.2C2HF3O2/c23-28-26-16-1-3-19(18(13-16)15-5-7-24-8-6-15)29-10-11-32-21-14-17(2-4-20(21)29)34(30,31)27-22-25-9-12-33-22;2*3-2(4,5)1(6)7/h1-5,9,12-14,24H,6-8,10-11H2,(H,25,27);2*(H,6,7). The minimum atomic E-state index is -5.08. The van der Waals surface area contributed by atoms with Crippen molar-refractivity contribution in [2.75, 3.05) is 35.9 Å². The monoisotopic (exact) mass is 723 g/mol. The van der Waals surface area contributed by atoms with Crippen LogP contribution in [-0.2, 0) is 19.6 Å². The highest BCUT2D eigenvalue weighted by Crippen LogP contribution is 2.42. The molecule has 0 atom stereocenters. The van der Waals surface area contributed by atoms with Gasteiger partial charge in [0.15, 0.2) is 5.13 Å². The van der Waals surface area contributed by atoms with Crippen LogP contribution in [0.4, 0.5) is 48.5 Å². The van der Waals surface area contributed by atoms with Crippen LogP contribution in [0.5, 0.6) is 5.75 Å². The van der Waals surface area contributed by atoms with E-state index in [4.69, 9.17) is 30.1 Å². The smallest absolute Gasteiger partial charge is 0.489 e. The maximum atomic E-state index is 12.8. The average Bonchev–Trinajstić information content (AvgIpc) is 3.53. The third-order valence-corrected chi connectivity index (χ3v) is 8.24. The van der Waals surface area contributed by atoms with Gasteiger partial charge in [-0.1, -0.05) is 17.3 Å². The van der Waals surface area contributed by atoms with Crippen molar-refractivity contribution >= 4 is 61.1 Å². The highest BCUT2D eigenvalue weighted by Gasteiger charge is 2.39. The van der Waals surface area contributed by atoms with E-state index in [1.807, 2.05) is 12.1 Å². The van der Waals surface area contributed by atoms with Crippen molar-refractivity contribution in [3.05, 3.63) is 70.1 Å². The molecule has 1 aromatic heterocycles. The first-order valence-corrected chi connectivity index (χ1v) is 15.5. The van der Waals surface area contributed by atoms with Crippen molar-refractivity contribution < 1.29 is 59.3 Å². The van der Waals surface area contributed by atoms with Gasteiger partial charge in [-0.2, -0.15) is 26.3 Å². The number of carboxylic acid groups (broad SMARTS) is 2. The van der Waals surface area contributed by atoms with Crippen molar-refractivity contribution in [1.82, 2.24) is 10.3 Å². The molecule has 2 aliphatic heterocycles. The molecule has 5 rings (SSSR count). The zero-order valence-electron chi connectivity index (χ0n) is 24.0. The van der Waals surface area contributed by atoms with E-state index in [0.29, 0.717) is 29.7 Å². The van der Waals surface area contributed by atoms with Crippen LogP contribution in [0.2, 0.25) is 0 Å². The Morgan fingerprint density at radius 2 is 1.71 bits per heavy atom. The summed E-state index contributed by atoms with van der Waals surface area (Å²) in [7, 11) is -3.80. The Morgan fingerprint density at radius 3 is 2.25 bits per heavy atom. The molecule has 0 spiro atoms. The summed E-state index contributed by atoms with van der Waals surface area (Å²) < 4.78 is 97.5. The predicted octanol–water partition coefficient (Wildman–Crippen LogP) is 6.06. The van der Waals surface area contributed by atoms with Gasteiger partial charge in [0.25, 0.3) is 10.0 Å². The Kier molecular flexibility index (Phi) is 12.2. The summed E-state index contributed by atoms with van der Waals surface area (Å²) in [5.74, 6) is -5.03. The van der Waals surface area contributed by atoms with Crippen LogP contribution in [0.15, 0.2) is 64.1 Å². The maximum absolute atomic E-state index is 12.8. The number of hydrogen-bond acceptors (Lipinski definition) is 10. The maximum Gasteiger partial charge on any atom is 0.490 e. The van der Waals surface area contributed by atoms with Gasteiger partial charge < -0.3 is 25.2 Å². The molecular weight excluding hydrogens is 700 g/mol. The van der Waals surface area contributed by atoms with Crippen molar-refractivity contribution in [3.8, 4) is 5.75 Å². The number of alkyl halides is 6. The molecular formula is C26H23F6N7O7S2. The van der Waals surface area contributed by atoms with E-state index < -0.39 is 34.3 Å². The van der Waals surface area contributed by atoms with Gasteiger partial charge in [-0.3, -0.25) is 4.72 Å². The number of rotatable bonds is 6. The van der Waals surface area contributed by atoms with Gasteiger partial charge in [0.05, 0.1) is 17.1 Å². The number of sulfonamides is 1. The van der Waals surface area contributed by atoms with Gasteiger partial charge >= 0.3 is 24.3 Å². The fourth-order valence-corrected chi connectivity index (χ4v) is 5.87. The molecule has 0 aliphatic carbocycles. The Bertz CT molecular complexity index is 1790. The molecule has 0 fully saturated rings. The second kappa shape index (κ2) is 15.7. The summed E-state index contributed by atoms with van der Waals surface area (Å²) in [6.07, 6.45) is -5.63. The first-order valence-electron chi connectivity index (χ1n) is 13.1. The minimum absolute atomic E-state index is 0.100. The lowest BCUT2D eigenvalue weighted by atomic mass is 9.96. The second-order valence-electron chi connectivity index (χ2n) is 9.25. The number of aliphatic carboxylic acids is 2. The van der Waals surface area contributed by atoms with E-state index in [2.05, 4.69) is 36.0 Å². The highest BCUT2D eigenvalue weighted by molar-refractivity contribution is 7.93. The number of ether oxygens (including phenoxy) is 1. The number of fused-ring (bicyclic) bond motifs is 1. The van der Waals surface area contributed by atoms with Crippen LogP contribution in [-0.4, -0.2) is 74.1 Å². The lowest BCUT2D eigenvalue weighted by Crippen LogP contribution is -2.30. The predicted molar refractivity (Wildman–Crippen MR) is 160 cm³/mol. The van der Waals surface area contributed by atoms with E-state index in [0.717, 1.165) is 36.4 Å². The molecule has 2 aromatic carbocycles. The first kappa shape index (κ1) is 37.4. The number of aromatic nitrogens is 1. The zero-order chi connectivity index (χ0) is 35.7. The van der Waals surface area contributed by atoms with Gasteiger partial charge in [0, 0.05) is 46.0 Å². The number of halogens is 6. The molecule has 3 aromatic rings. The molecule has 14 nitrogen and oxygen atoms in total. The number of carboxylic acids is 2. The zero-order valence-corrected chi connectivity index (χ0v) is 25.6. The SMILES string of the molecule is O=C(O)C(F)(F)F.O=C(O)C(F)(F)F.[N-]=[N+]=Nc1ccc(N2CCOc3cc(S(=O)(=O)Nc4nccs4)ccc32)c(C2=CCNCC2)c1. The average molecular weight is 724 g/mol. The quantitative estimate of drug-likeness (QED) is 0.100. The van der Waals surface area contributed by atoms with Crippen LogP contribution >= 0.6 is 11.3 Å². The van der Waals surface area contributed by atoms with E-state index in [-0.39, 0.29) is 4.90 Å². The van der Waals surface area contributed by atoms with Gasteiger partial charge in [-0.15, -0.1) is 11.3 Å². The molecule has 4 N–H and O–H groups in total. The number of nitrogens with zero attached hydrogens (tertiary/aromatic N) is 5. The van der Waals surface area contributed by atoms with Crippen LogP contribution < -0.4 is 19.7 Å². The number of azide groups is 1. The molecule has 0 saturated carbocycles. The lowest BCUT2D eigenvalue weighted by molar-refractivity contribution is -0.193. The number of benzene rings is 2. The third kappa shape index (κ3) is 10.2. The van der Waals surface area contributed by atoms with Crippen molar-refractivity contribution in [2.45, 2.75) is 23.7 Å². The van der Waals surface area contributed by atoms with Crippen LogP contribution in [0.1, 0.15) is 12.0 Å². The number of anilines is 3. The number of nitrogens with one attached hydrogen (secondary N) is 2. The molecule has 258 valence electrons. The largest absolute Gasteiger partial charge is 0.490 e. The van der Waals surface area contributed by atoms with E-state index >= 15 is 0 Å². The minimum Gasteiger partial charge on any atom is -0.489 e. The Balaban J connectivity index is 0.000000376. The molecule has 0 amide bonds. The topological polar surface area (TPSA) is 207 Å². The van der Waals surface area contributed by atoms with Crippen molar-refractivity contribution in [3.63, 3.8) is 0 Å². The Labute approximate surface area is 271 Å². The Morgan fingerprint density at radius 1 is 1.06 bits per heavy atom. The summed E-state index contributed by atoms with van der Waals surface area (Å²) >= 11 is 1.21. The molecule has 22 heteroatoms. The summed E-state index contributed by atoms with van der Waals surface area (Å²) in [4.78, 5) is 26.9. The van der Waals surface area contributed by atoms with Crippen LogP contribution in [0, 0.1) is 0 Å². The molecule has 0 saturated heterocycles. The highest BCUT2D eigenvalue weighted by atomic mass is 32.2. The van der Waals surface area contributed by atoms with E-state index in [9.17, 15) is 34.8 Å². The molecule has 2 aliphatic rings. The van der Waals surface area contributed by atoms with Gasteiger partial charge in [-0.25, -0.2) is 23.0 Å². The number of thiazole rings is 1. The van der Waals surface area contributed by atoms with Gasteiger partial charge in [0.2, 0.25) is 0 Å². The molecule has 0 unspecified atom stereocenters. The van der Waals surface area contributed by atoms with Gasteiger partial charge in [-0.05, 0) is 48.3 Å². The number of hydrogen-bond donors (Lipinski definition) is 4. The first-order chi connectivity index (χ1) is 22.4. The van der Waals surface area contributed by atoms with Crippen molar-refractivity contribution in [2.24, 2.45) is 5.11 Å². The van der Waals surface area contributed by atoms with E-state index in [1.54, 1.807) is 29.8 Å². The molecule has 0 radical (unpaired) electrons. The fraction of sp³-hybridized carbons (Fsp3) is 0.269. The summed E-state index contributed by atoms with van der Waals surface area (Å²) in [6.45, 7) is 2.63. The summed E-state index contributed by atoms with van der Waals surface area (Å²) in [5, 5.41) is 23.4. The number of carbonyl (C=O) groups is 2. The van der Waals surface area contributed by atoms with Gasteiger partial charge in [0.1, 0.15) is 12.4 Å². The summed E-state index contributed by atoms with van der Waals surface area (Å²) in [5.41, 5.74) is 13.3. The molecule has 0 bridgehead atoms. The Hall–Kier alpha value is -5.05.